The molecule has 3 nitrogen and oxygen atoms in total. The molecule has 1 heterocycles. The van der Waals surface area contributed by atoms with E-state index in [-0.39, 0.29) is 6.42 Å². The minimum absolute atomic E-state index is 0.166. The molecule has 0 bridgehead atoms. The largest absolute Gasteiger partial charge is 0.481 e. The zero-order valence-electron chi connectivity index (χ0n) is 11.9. The van der Waals surface area contributed by atoms with Gasteiger partial charge in [-0.1, -0.05) is 42.5 Å². The van der Waals surface area contributed by atoms with Gasteiger partial charge in [-0.05, 0) is 29.2 Å². The van der Waals surface area contributed by atoms with E-state index in [9.17, 15) is 4.79 Å². The first-order valence-electron chi connectivity index (χ1n) is 7.00. The van der Waals surface area contributed by atoms with Gasteiger partial charge in [0.05, 0.1) is 0 Å². The minimum Gasteiger partial charge on any atom is -0.481 e. The summed E-state index contributed by atoms with van der Waals surface area (Å²) in [6, 6.07) is 16.6. The first-order valence-corrected chi connectivity index (χ1v) is 7.00. The number of nitrogens with zero attached hydrogens (tertiary/aromatic N) is 1. The van der Waals surface area contributed by atoms with Crippen molar-refractivity contribution >= 4 is 16.9 Å². The lowest BCUT2D eigenvalue weighted by molar-refractivity contribution is -0.136. The smallest absolute Gasteiger partial charge is 0.303 e. The van der Waals surface area contributed by atoms with Crippen molar-refractivity contribution in [3.05, 3.63) is 60.3 Å². The van der Waals surface area contributed by atoms with E-state index < -0.39 is 5.97 Å². The van der Waals surface area contributed by atoms with Gasteiger partial charge >= 0.3 is 5.97 Å². The number of aliphatic carboxylic acids is 1. The Morgan fingerprint density at radius 2 is 1.86 bits per heavy atom. The molecule has 0 saturated carbocycles. The second-order valence-electron chi connectivity index (χ2n) is 5.26. The Bertz CT molecular complexity index is 788. The van der Waals surface area contributed by atoms with E-state index >= 15 is 0 Å². The van der Waals surface area contributed by atoms with Crippen molar-refractivity contribution in [1.29, 1.82) is 0 Å². The number of carboxylic acid groups (broad SMARTS) is 1. The molecule has 3 heteroatoms. The van der Waals surface area contributed by atoms with E-state index in [4.69, 9.17) is 5.11 Å². The fraction of sp³-hybridized carbons (Fsp3) is 0.167. The Balaban J connectivity index is 2.03. The van der Waals surface area contributed by atoms with E-state index in [0.717, 1.165) is 16.5 Å². The second kappa shape index (κ2) is 5.44. The van der Waals surface area contributed by atoms with Gasteiger partial charge in [0.25, 0.3) is 0 Å². The molecule has 0 saturated heterocycles. The molecular formula is C18H17NO2. The maximum absolute atomic E-state index is 10.7. The van der Waals surface area contributed by atoms with Gasteiger partial charge in [-0.3, -0.25) is 4.79 Å². The highest BCUT2D eigenvalue weighted by atomic mass is 16.4. The van der Waals surface area contributed by atoms with Gasteiger partial charge in [0.1, 0.15) is 0 Å². The van der Waals surface area contributed by atoms with Gasteiger partial charge in [-0.2, -0.15) is 0 Å². The topological polar surface area (TPSA) is 42.2 Å². The number of aryl methyl sites for hydroxylation is 2. The van der Waals surface area contributed by atoms with Crippen LogP contribution in [0.4, 0.5) is 0 Å². The molecule has 0 spiro atoms. The lowest BCUT2D eigenvalue weighted by atomic mass is 10.0. The van der Waals surface area contributed by atoms with Crippen LogP contribution in [0.1, 0.15) is 12.0 Å². The summed E-state index contributed by atoms with van der Waals surface area (Å²) in [5.41, 5.74) is 4.59. The summed E-state index contributed by atoms with van der Waals surface area (Å²) in [7, 11) is 2.00. The van der Waals surface area contributed by atoms with Gasteiger partial charge in [0, 0.05) is 30.6 Å². The predicted octanol–water partition coefficient (Wildman–Crippen LogP) is 3.86. The number of aromatic nitrogens is 1. The van der Waals surface area contributed by atoms with Gasteiger partial charge in [-0.25, -0.2) is 0 Å². The fourth-order valence-corrected chi connectivity index (χ4v) is 2.72. The number of benzene rings is 2. The Kier molecular flexibility index (Phi) is 3.48. The van der Waals surface area contributed by atoms with E-state index in [1.54, 1.807) is 0 Å². The predicted molar refractivity (Wildman–Crippen MR) is 84.3 cm³/mol. The Morgan fingerprint density at radius 1 is 1.10 bits per heavy atom. The number of hydrogen-bond acceptors (Lipinski definition) is 1. The Labute approximate surface area is 123 Å². The molecule has 3 aromatic rings. The van der Waals surface area contributed by atoms with Crippen LogP contribution in [0.15, 0.2) is 54.7 Å². The van der Waals surface area contributed by atoms with Crippen LogP contribution in [0.3, 0.4) is 0 Å². The summed E-state index contributed by atoms with van der Waals surface area (Å²) in [6.45, 7) is 0. The number of carboxylic acids is 1. The molecule has 0 aliphatic heterocycles. The molecular weight excluding hydrogens is 262 g/mol. The lowest BCUT2D eigenvalue weighted by Crippen LogP contribution is -1.96. The van der Waals surface area contributed by atoms with Crippen molar-refractivity contribution in [3.63, 3.8) is 0 Å². The van der Waals surface area contributed by atoms with Crippen molar-refractivity contribution in [3.8, 4) is 11.1 Å². The molecule has 0 aliphatic carbocycles. The molecule has 0 radical (unpaired) electrons. The molecule has 1 N–H and O–H groups in total. The molecule has 0 fully saturated rings. The first kappa shape index (κ1) is 13.4. The zero-order chi connectivity index (χ0) is 14.8. The molecule has 1 aromatic heterocycles. The highest BCUT2D eigenvalue weighted by Gasteiger charge is 2.09. The second-order valence-corrected chi connectivity index (χ2v) is 5.26. The van der Waals surface area contributed by atoms with Gasteiger partial charge < -0.3 is 9.67 Å². The molecule has 3 rings (SSSR count). The fourth-order valence-electron chi connectivity index (χ4n) is 2.72. The first-order chi connectivity index (χ1) is 10.1. The highest BCUT2D eigenvalue weighted by molar-refractivity contribution is 5.88. The third-order valence-corrected chi connectivity index (χ3v) is 3.79. The summed E-state index contributed by atoms with van der Waals surface area (Å²) >= 11 is 0. The van der Waals surface area contributed by atoms with E-state index in [1.165, 1.54) is 11.1 Å². The molecule has 0 unspecified atom stereocenters. The third kappa shape index (κ3) is 2.68. The number of fused-ring (bicyclic) bond motifs is 1. The lowest BCUT2D eigenvalue weighted by Gasteiger charge is -2.03. The normalized spacial score (nSPS) is 10.9. The summed E-state index contributed by atoms with van der Waals surface area (Å²) in [5, 5.41) is 9.98. The van der Waals surface area contributed by atoms with Crippen molar-refractivity contribution in [2.45, 2.75) is 12.8 Å². The Hall–Kier alpha value is -2.55. The van der Waals surface area contributed by atoms with Crippen LogP contribution in [0.25, 0.3) is 22.0 Å². The summed E-state index contributed by atoms with van der Waals surface area (Å²) in [4.78, 5) is 10.7. The molecule has 0 aliphatic rings. The van der Waals surface area contributed by atoms with Crippen molar-refractivity contribution in [2.75, 3.05) is 0 Å². The SMILES string of the molecule is Cn1cc(CCC(=O)O)c2ccc(-c3ccccc3)cc21. The third-order valence-electron chi connectivity index (χ3n) is 3.79. The van der Waals surface area contributed by atoms with Gasteiger partial charge in [0.2, 0.25) is 0 Å². The maximum atomic E-state index is 10.7. The summed E-state index contributed by atoms with van der Waals surface area (Å²) in [5.74, 6) is -0.757. The van der Waals surface area contributed by atoms with E-state index in [0.29, 0.717) is 6.42 Å². The van der Waals surface area contributed by atoms with Crippen molar-refractivity contribution < 1.29 is 9.90 Å². The molecule has 21 heavy (non-hydrogen) atoms. The zero-order valence-corrected chi connectivity index (χ0v) is 11.9. The van der Waals surface area contributed by atoms with E-state index in [1.807, 2.05) is 31.4 Å². The summed E-state index contributed by atoms with van der Waals surface area (Å²) in [6.07, 6.45) is 2.76. The average molecular weight is 279 g/mol. The molecule has 0 amide bonds. The van der Waals surface area contributed by atoms with Crippen molar-refractivity contribution in [2.24, 2.45) is 7.05 Å². The summed E-state index contributed by atoms with van der Waals surface area (Å²) < 4.78 is 2.07. The molecule has 2 aromatic carbocycles. The molecule has 0 atom stereocenters. The van der Waals surface area contributed by atoms with Gasteiger partial charge in [-0.15, -0.1) is 0 Å². The van der Waals surface area contributed by atoms with Crippen LogP contribution in [0.2, 0.25) is 0 Å². The quantitative estimate of drug-likeness (QED) is 0.788. The monoisotopic (exact) mass is 279 g/mol. The number of hydrogen-bond donors (Lipinski definition) is 1. The van der Waals surface area contributed by atoms with Gasteiger partial charge in [0.15, 0.2) is 0 Å². The Morgan fingerprint density at radius 3 is 2.57 bits per heavy atom. The van der Waals surface area contributed by atoms with Crippen LogP contribution in [0.5, 0.6) is 0 Å². The average Bonchev–Trinajstić information content (AvgIpc) is 2.82. The standard InChI is InChI=1S/C18H17NO2/c1-19-12-15(8-10-18(20)21)16-9-7-14(11-17(16)19)13-5-3-2-4-6-13/h2-7,9,11-12H,8,10H2,1H3,(H,20,21). The number of carbonyl (C=O) groups is 1. The van der Waals surface area contributed by atoms with E-state index in [2.05, 4.69) is 34.9 Å². The minimum atomic E-state index is -0.757. The van der Waals surface area contributed by atoms with Crippen molar-refractivity contribution in [1.82, 2.24) is 4.57 Å². The van der Waals surface area contributed by atoms with Crippen LogP contribution in [-0.2, 0) is 18.3 Å². The van der Waals surface area contributed by atoms with Crippen LogP contribution < -0.4 is 0 Å². The highest BCUT2D eigenvalue weighted by Crippen LogP contribution is 2.27. The van der Waals surface area contributed by atoms with Crippen LogP contribution in [0, 0.1) is 0 Å². The van der Waals surface area contributed by atoms with Crippen LogP contribution in [-0.4, -0.2) is 15.6 Å². The van der Waals surface area contributed by atoms with Crippen LogP contribution >= 0.6 is 0 Å². The molecule has 106 valence electrons. The number of rotatable bonds is 4. The maximum Gasteiger partial charge on any atom is 0.303 e.